The minimum atomic E-state index is -0.161. The van der Waals surface area contributed by atoms with Crippen LogP contribution < -0.4 is 5.32 Å². The van der Waals surface area contributed by atoms with Crippen LogP contribution in [0.3, 0.4) is 0 Å². The third-order valence-electron chi connectivity index (χ3n) is 3.05. The highest BCUT2D eigenvalue weighted by Crippen LogP contribution is 2.35. The summed E-state index contributed by atoms with van der Waals surface area (Å²) in [7, 11) is 0. The number of hydrogen-bond acceptors (Lipinski definition) is 2. The maximum atomic E-state index is 12.0. The third-order valence-corrected chi connectivity index (χ3v) is 3.92. The normalized spacial score (nSPS) is 15.3. The van der Waals surface area contributed by atoms with Gasteiger partial charge in [-0.25, -0.2) is 0 Å². The van der Waals surface area contributed by atoms with Gasteiger partial charge in [0.15, 0.2) is 0 Å². The van der Waals surface area contributed by atoms with Crippen molar-refractivity contribution in [3.8, 4) is 5.75 Å². The van der Waals surface area contributed by atoms with Crippen LogP contribution in [0.5, 0.6) is 5.75 Å². The molecule has 2 aromatic rings. The molecule has 0 spiro atoms. The molecule has 1 amide bonds. The van der Waals surface area contributed by atoms with E-state index in [-0.39, 0.29) is 11.7 Å². The van der Waals surface area contributed by atoms with E-state index in [9.17, 15) is 9.90 Å². The van der Waals surface area contributed by atoms with E-state index in [1.165, 1.54) is 0 Å². The number of hydrogen-bond donors (Lipinski definition) is 2. The van der Waals surface area contributed by atoms with Crippen molar-refractivity contribution in [2.24, 2.45) is 0 Å². The Morgan fingerprint density at radius 1 is 1.20 bits per heavy atom. The molecule has 0 fully saturated rings. The molecule has 0 atom stereocenters. The van der Waals surface area contributed by atoms with Gasteiger partial charge in [0.1, 0.15) is 5.75 Å². The van der Waals surface area contributed by atoms with Gasteiger partial charge in [-0.1, -0.05) is 23.7 Å². The average molecular weight is 351 g/mol. The summed E-state index contributed by atoms with van der Waals surface area (Å²) < 4.78 is 0.585. The first-order chi connectivity index (χ1) is 9.54. The van der Waals surface area contributed by atoms with E-state index in [1.54, 1.807) is 36.4 Å². The summed E-state index contributed by atoms with van der Waals surface area (Å²) in [6, 6.07) is 10.4. The molecule has 0 bridgehead atoms. The molecular formula is C15H9BrClNO2. The van der Waals surface area contributed by atoms with E-state index < -0.39 is 0 Å². The van der Waals surface area contributed by atoms with Gasteiger partial charge in [0.25, 0.3) is 5.91 Å². The number of carbonyl (C=O) groups is 1. The minimum Gasteiger partial charge on any atom is -0.507 e. The van der Waals surface area contributed by atoms with Crippen LogP contribution in [0.1, 0.15) is 11.1 Å². The molecule has 2 N–H and O–H groups in total. The van der Waals surface area contributed by atoms with Crippen LogP contribution in [0.25, 0.3) is 11.6 Å². The fourth-order valence-electron chi connectivity index (χ4n) is 2.09. The van der Waals surface area contributed by atoms with Gasteiger partial charge < -0.3 is 10.4 Å². The molecule has 3 rings (SSSR count). The van der Waals surface area contributed by atoms with E-state index in [4.69, 9.17) is 11.6 Å². The molecule has 1 aliphatic rings. The Bertz CT molecular complexity index is 756. The Morgan fingerprint density at radius 3 is 2.75 bits per heavy atom. The van der Waals surface area contributed by atoms with Crippen LogP contribution >= 0.6 is 27.5 Å². The van der Waals surface area contributed by atoms with Crippen molar-refractivity contribution in [2.75, 3.05) is 5.32 Å². The van der Waals surface area contributed by atoms with E-state index >= 15 is 0 Å². The molecular weight excluding hydrogens is 342 g/mol. The first kappa shape index (κ1) is 13.2. The van der Waals surface area contributed by atoms with Gasteiger partial charge in [-0.3, -0.25) is 4.79 Å². The monoisotopic (exact) mass is 349 g/mol. The molecule has 0 radical (unpaired) electrons. The summed E-state index contributed by atoms with van der Waals surface area (Å²) in [4.78, 5) is 12.0. The van der Waals surface area contributed by atoms with Crippen molar-refractivity contribution in [2.45, 2.75) is 0 Å². The van der Waals surface area contributed by atoms with E-state index in [2.05, 4.69) is 21.2 Å². The number of benzene rings is 2. The standard InChI is InChI=1S/C15H9BrClNO2/c16-12-6-8(1-4-14(12)19)5-11-10-3-2-9(17)7-13(10)18-15(11)20/h1-7,19H,(H,18,20)/b11-5+. The largest absolute Gasteiger partial charge is 0.507 e. The first-order valence-electron chi connectivity index (χ1n) is 5.86. The summed E-state index contributed by atoms with van der Waals surface area (Å²) in [5, 5.41) is 12.8. The number of phenolic OH excluding ortho intramolecular Hbond substituents is 1. The molecule has 20 heavy (non-hydrogen) atoms. The van der Waals surface area contributed by atoms with E-state index in [0.29, 0.717) is 20.8 Å². The van der Waals surface area contributed by atoms with Crippen LogP contribution in [0.15, 0.2) is 40.9 Å². The minimum absolute atomic E-state index is 0.161. The first-order valence-corrected chi connectivity index (χ1v) is 7.03. The summed E-state index contributed by atoms with van der Waals surface area (Å²) >= 11 is 9.17. The molecule has 1 aliphatic heterocycles. The number of fused-ring (bicyclic) bond motifs is 1. The number of anilines is 1. The van der Waals surface area contributed by atoms with Crippen molar-refractivity contribution >= 4 is 50.8 Å². The second-order valence-corrected chi connectivity index (χ2v) is 5.70. The number of rotatable bonds is 1. The molecule has 0 aliphatic carbocycles. The topological polar surface area (TPSA) is 49.3 Å². The Kier molecular flexibility index (Phi) is 3.28. The molecule has 2 aromatic carbocycles. The lowest BCUT2D eigenvalue weighted by Crippen LogP contribution is -2.03. The number of nitrogens with one attached hydrogen (secondary N) is 1. The smallest absolute Gasteiger partial charge is 0.256 e. The summed E-state index contributed by atoms with van der Waals surface area (Å²) in [5.74, 6) is 0.00155. The molecule has 0 saturated heterocycles. The van der Waals surface area contributed by atoms with Crippen LogP contribution in [-0.2, 0) is 4.79 Å². The van der Waals surface area contributed by atoms with Gasteiger partial charge >= 0.3 is 0 Å². The van der Waals surface area contributed by atoms with Crippen molar-refractivity contribution < 1.29 is 9.90 Å². The maximum Gasteiger partial charge on any atom is 0.256 e. The molecule has 0 unspecified atom stereocenters. The van der Waals surface area contributed by atoms with Gasteiger partial charge in [0, 0.05) is 16.2 Å². The van der Waals surface area contributed by atoms with Gasteiger partial charge in [-0.15, -0.1) is 0 Å². The zero-order valence-corrected chi connectivity index (χ0v) is 12.5. The molecule has 1 heterocycles. The molecule has 100 valence electrons. The van der Waals surface area contributed by atoms with Crippen LogP contribution in [0, 0.1) is 0 Å². The summed E-state index contributed by atoms with van der Waals surface area (Å²) in [5.41, 5.74) is 2.94. The molecule has 0 aromatic heterocycles. The lowest BCUT2D eigenvalue weighted by Gasteiger charge is -2.01. The van der Waals surface area contributed by atoms with Crippen LogP contribution in [0.2, 0.25) is 5.02 Å². The average Bonchev–Trinajstić information content (AvgIpc) is 2.69. The maximum absolute atomic E-state index is 12.0. The molecule has 0 saturated carbocycles. The zero-order valence-electron chi connectivity index (χ0n) is 10.2. The number of aromatic hydroxyl groups is 1. The summed E-state index contributed by atoms with van der Waals surface area (Å²) in [6.45, 7) is 0. The van der Waals surface area contributed by atoms with Gasteiger partial charge in [-0.2, -0.15) is 0 Å². The fourth-order valence-corrected chi connectivity index (χ4v) is 2.66. The van der Waals surface area contributed by atoms with Crippen LogP contribution in [0.4, 0.5) is 5.69 Å². The number of amides is 1. The van der Waals surface area contributed by atoms with Gasteiger partial charge in [-0.05, 0) is 51.8 Å². The van der Waals surface area contributed by atoms with E-state index in [1.807, 2.05) is 6.07 Å². The highest BCUT2D eigenvalue weighted by Gasteiger charge is 2.24. The Hall–Kier alpha value is -1.78. The van der Waals surface area contributed by atoms with E-state index in [0.717, 1.165) is 11.1 Å². The predicted octanol–water partition coefficient (Wildman–Crippen LogP) is 4.30. The third kappa shape index (κ3) is 2.32. The van der Waals surface area contributed by atoms with Gasteiger partial charge in [0.2, 0.25) is 0 Å². The molecule has 5 heteroatoms. The highest BCUT2D eigenvalue weighted by atomic mass is 79.9. The Labute approximate surface area is 129 Å². The number of halogens is 2. The van der Waals surface area contributed by atoms with Crippen molar-refractivity contribution in [1.82, 2.24) is 0 Å². The van der Waals surface area contributed by atoms with Gasteiger partial charge in [0.05, 0.1) is 10.2 Å². The van der Waals surface area contributed by atoms with Crippen molar-refractivity contribution in [1.29, 1.82) is 0 Å². The Morgan fingerprint density at radius 2 is 2.00 bits per heavy atom. The second kappa shape index (κ2) is 4.96. The highest BCUT2D eigenvalue weighted by molar-refractivity contribution is 9.10. The SMILES string of the molecule is O=C1Nc2cc(Cl)ccc2/C1=C\c1ccc(O)c(Br)c1. The van der Waals surface area contributed by atoms with Crippen molar-refractivity contribution in [3.63, 3.8) is 0 Å². The zero-order chi connectivity index (χ0) is 14.3. The summed E-state index contributed by atoms with van der Waals surface area (Å²) in [6.07, 6.45) is 1.78. The molecule has 3 nitrogen and oxygen atoms in total. The lowest BCUT2D eigenvalue weighted by atomic mass is 10.0. The number of carbonyl (C=O) groups excluding carboxylic acids is 1. The quantitative estimate of drug-likeness (QED) is 0.753. The van der Waals surface area contributed by atoms with Crippen LogP contribution in [-0.4, -0.2) is 11.0 Å². The lowest BCUT2D eigenvalue weighted by molar-refractivity contribution is -0.110. The predicted molar refractivity (Wildman–Crippen MR) is 83.8 cm³/mol. The van der Waals surface area contributed by atoms with Crippen molar-refractivity contribution in [3.05, 3.63) is 57.0 Å². The fraction of sp³-hybridized carbons (Fsp3) is 0. The Balaban J connectivity index is 2.08. The second-order valence-electron chi connectivity index (χ2n) is 4.41. The number of phenols is 1.